The molecule has 12 unspecified atom stereocenters. The van der Waals surface area contributed by atoms with Gasteiger partial charge in [0.05, 0.1) is 0 Å². The molecular weight excluding hydrogens is 368 g/mol. The lowest BCUT2D eigenvalue weighted by atomic mass is 9.47. The van der Waals surface area contributed by atoms with Crippen LogP contribution in [0.5, 0.6) is 0 Å². The average Bonchev–Trinajstić information content (AvgIpc) is 3.25. The Labute approximate surface area is 182 Å². The van der Waals surface area contributed by atoms with Gasteiger partial charge in [-0.05, 0) is 98.7 Å². The quantitative estimate of drug-likeness (QED) is 0.487. The Morgan fingerprint density at radius 2 is 1.03 bits per heavy atom. The third-order valence-electron chi connectivity index (χ3n) is 12.0. The van der Waals surface area contributed by atoms with Crippen LogP contribution >= 0.6 is 0 Å². The minimum Gasteiger partial charge on any atom is -0.299 e. The van der Waals surface area contributed by atoms with Crippen molar-refractivity contribution in [2.75, 3.05) is 0 Å². The number of hydrogen-bond acceptors (Lipinski definition) is 2. The summed E-state index contributed by atoms with van der Waals surface area (Å²) in [4.78, 5) is 27.3. The summed E-state index contributed by atoms with van der Waals surface area (Å²) in [6, 6.07) is 0. The van der Waals surface area contributed by atoms with Gasteiger partial charge in [0.2, 0.25) is 0 Å². The zero-order valence-electron chi connectivity index (χ0n) is 18.6. The molecular formula is C28H40O2. The summed E-state index contributed by atoms with van der Waals surface area (Å²) in [6.45, 7) is 0. The second-order valence-corrected chi connectivity index (χ2v) is 12.7. The van der Waals surface area contributed by atoms with Crippen molar-refractivity contribution in [2.45, 2.75) is 89.9 Å². The summed E-state index contributed by atoms with van der Waals surface area (Å²) in [5.41, 5.74) is 0. The molecule has 164 valence electrons. The normalized spacial score (nSPS) is 56.9. The molecule has 7 saturated carbocycles. The molecule has 2 heteroatoms. The molecule has 7 aliphatic carbocycles. The van der Waals surface area contributed by atoms with Crippen LogP contribution in [0.15, 0.2) is 0 Å². The second kappa shape index (κ2) is 6.92. The van der Waals surface area contributed by atoms with Crippen LogP contribution in [0.25, 0.3) is 0 Å². The van der Waals surface area contributed by atoms with Crippen molar-refractivity contribution in [1.29, 1.82) is 0 Å². The molecule has 0 N–H and O–H groups in total. The van der Waals surface area contributed by atoms with E-state index in [0.717, 1.165) is 24.2 Å². The van der Waals surface area contributed by atoms with Gasteiger partial charge in [-0.25, -0.2) is 0 Å². The van der Waals surface area contributed by atoms with Gasteiger partial charge in [-0.2, -0.15) is 0 Å². The fourth-order valence-corrected chi connectivity index (χ4v) is 11.3. The van der Waals surface area contributed by atoms with Crippen LogP contribution in [0.1, 0.15) is 89.9 Å². The van der Waals surface area contributed by atoms with Gasteiger partial charge in [-0.3, -0.25) is 9.59 Å². The summed E-state index contributed by atoms with van der Waals surface area (Å²) in [5, 5.41) is 0. The Morgan fingerprint density at radius 3 is 1.80 bits per heavy atom. The minimum absolute atomic E-state index is 0.329. The highest BCUT2D eigenvalue weighted by molar-refractivity contribution is 5.88. The second-order valence-electron chi connectivity index (χ2n) is 12.7. The Morgan fingerprint density at radius 1 is 0.433 bits per heavy atom. The first-order chi connectivity index (χ1) is 14.7. The van der Waals surface area contributed by atoms with Crippen molar-refractivity contribution >= 4 is 11.6 Å². The molecule has 0 spiro atoms. The van der Waals surface area contributed by atoms with Crippen LogP contribution < -0.4 is 0 Å². The zero-order valence-corrected chi connectivity index (χ0v) is 18.6. The molecule has 2 nitrogen and oxygen atoms in total. The van der Waals surface area contributed by atoms with E-state index >= 15 is 0 Å². The summed E-state index contributed by atoms with van der Waals surface area (Å²) in [6.07, 6.45) is 18.3. The van der Waals surface area contributed by atoms with Crippen molar-refractivity contribution in [3.8, 4) is 0 Å². The number of rotatable bonds is 0. The number of ketones is 2. The van der Waals surface area contributed by atoms with Gasteiger partial charge in [0.15, 0.2) is 0 Å². The van der Waals surface area contributed by atoms with Gasteiger partial charge in [0, 0.05) is 23.7 Å². The lowest BCUT2D eigenvalue weighted by Gasteiger charge is -2.56. The Hall–Kier alpha value is -0.660. The predicted molar refractivity (Wildman–Crippen MR) is 117 cm³/mol. The fraction of sp³-hybridized carbons (Fsp3) is 0.929. The van der Waals surface area contributed by atoms with Gasteiger partial charge >= 0.3 is 0 Å². The van der Waals surface area contributed by atoms with E-state index in [1.165, 1.54) is 83.5 Å². The molecule has 0 heterocycles. The van der Waals surface area contributed by atoms with Crippen LogP contribution in [0.3, 0.4) is 0 Å². The van der Waals surface area contributed by atoms with Gasteiger partial charge < -0.3 is 0 Å². The molecule has 7 fully saturated rings. The van der Waals surface area contributed by atoms with Crippen LogP contribution in [-0.2, 0) is 9.59 Å². The van der Waals surface area contributed by atoms with E-state index in [1.54, 1.807) is 0 Å². The maximum Gasteiger partial charge on any atom is 0.139 e. The summed E-state index contributed by atoms with van der Waals surface area (Å²) >= 11 is 0. The van der Waals surface area contributed by atoms with Gasteiger partial charge in [0.1, 0.15) is 11.6 Å². The standard InChI is InChI=1S/C28H40O2/c29-27-19-11-5-2-8-16(19)22-13-21-15-7-1-3-9-17(15)25-18-10-4-6-12-20(18)28(30)26(25)23(21)14-24(22)27/h15-26H,1-14H2. The maximum atomic E-state index is 13.8. The van der Waals surface area contributed by atoms with Crippen LogP contribution in [-0.4, -0.2) is 11.6 Å². The van der Waals surface area contributed by atoms with Crippen LogP contribution in [0, 0.1) is 71.0 Å². The molecule has 0 amide bonds. The van der Waals surface area contributed by atoms with E-state index in [-0.39, 0.29) is 0 Å². The van der Waals surface area contributed by atoms with Gasteiger partial charge in [-0.1, -0.05) is 38.5 Å². The van der Waals surface area contributed by atoms with E-state index in [4.69, 9.17) is 0 Å². The van der Waals surface area contributed by atoms with E-state index < -0.39 is 0 Å². The SMILES string of the molecule is O=C1C2CCCCC2C2CC3C4CCCCC4C4C5CCCCC5C(=O)C4C3CC12. The van der Waals surface area contributed by atoms with Crippen LogP contribution in [0.4, 0.5) is 0 Å². The third kappa shape index (κ3) is 2.43. The molecule has 0 aliphatic heterocycles. The van der Waals surface area contributed by atoms with Crippen molar-refractivity contribution in [1.82, 2.24) is 0 Å². The number of Topliss-reactive ketones (excluding diaryl/α,β-unsaturated/α-hetero) is 2. The van der Waals surface area contributed by atoms with E-state index in [2.05, 4.69) is 0 Å². The first kappa shape index (κ1) is 18.9. The van der Waals surface area contributed by atoms with Crippen molar-refractivity contribution in [3.63, 3.8) is 0 Å². The monoisotopic (exact) mass is 408 g/mol. The highest BCUT2D eigenvalue weighted by Crippen LogP contribution is 2.67. The molecule has 0 saturated heterocycles. The number of carbonyl (C=O) groups excluding carboxylic acids is 2. The fourth-order valence-electron chi connectivity index (χ4n) is 11.3. The minimum atomic E-state index is 0.329. The third-order valence-corrected chi connectivity index (χ3v) is 12.0. The smallest absolute Gasteiger partial charge is 0.139 e. The summed E-state index contributed by atoms with van der Waals surface area (Å²) in [7, 11) is 0. The molecule has 0 radical (unpaired) electrons. The largest absolute Gasteiger partial charge is 0.299 e. The predicted octanol–water partition coefficient (Wildman–Crippen LogP) is 6.08. The van der Waals surface area contributed by atoms with Crippen molar-refractivity contribution in [3.05, 3.63) is 0 Å². The maximum absolute atomic E-state index is 13.8. The molecule has 0 aromatic rings. The summed E-state index contributed by atoms with van der Waals surface area (Å²) < 4.78 is 0. The molecule has 0 bridgehead atoms. The summed E-state index contributed by atoms with van der Waals surface area (Å²) in [5.74, 6) is 8.67. The number of fused-ring (bicyclic) bond motifs is 11. The molecule has 30 heavy (non-hydrogen) atoms. The van der Waals surface area contributed by atoms with E-state index in [0.29, 0.717) is 64.8 Å². The molecule has 7 aliphatic rings. The molecule has 0 aromatic heterocycles. The van der Waals surface area contributed by atoms with Crippen molar-refractivity contribution in [2.24, 2.45) is 71.0 Å². The lowest BCUT2D eigenvalue weighted by Crippen LogP contribution is -2.52. The van der Waals surface area contributed by atoms with E-state index in [9.17, 15) is 9.59 Å². The topological polar surface area (TPSA) is 34.1 Å². The Balaban J connectivity index is 1.27. The number of carbonyl (C=O) groups is 2. The average molecular weight is 409 g/mol. The molecule has 7 rings (SSSR count). The number of hydrogen-bond donors (Lipinski definition) is 0. The highest BCUT2D eigenvalue weighted by Gasteiger charge is 2.65. The highest BCUT2D eigenvalue weighted by atomic mass is 16.1. The molecule has 0 aromatic carbocycles. The zero-order chi connectivity index (χ0) is 20.0. The van der Waals surface area contributed by atoms with Crippen LogP contribution in [0.2, 0.25) is 0 Å². The van der Waals surface area contributed by atoms with Crippen molar-refractivity contribution < 1.29 is 9.59 Å². The first-order valence-electron chi connectivity index (χ1n) is 13.8. The lowest BCUT2D eigenvalue weighted by molar-refractivity contribution is -0.139. The molecule has 12 atom stereocenters. The Kier molecular flexibility index (Phi) is 4.35. The first-order valence-corrected chi connectivity index (χ1v) is 13.8. The Bertz CT molecular complexity index is 741. The van der Waals surface area contributed by atoms with E-state index in [1.807, 2.05) is 0 Å². The van der Waals surface area contributed by atoms with Gasteiger partial charge in [-0.15, -0.1) is 0 Å². The van der Waals surface area contributed by atoms with Gasteiger partial charge in [0.25, 0.3) is 0 Å².